The molecule has 7 nitrogen and oxygen atoms in total. The maximum Gasteiger partial charge on any atom is 0.176 e. The van der Waals surface area contributed by atoms with Crippen LogP contribution in [0.1, 0.15) is 17.2 Å². The van der Waals surface area contributed by atoms with Gasteiger partial charge in [-0.1, -0.05) is 18.2 Å². The molecule has 2 aromatic heterocycles. The van der Waals surface area contributed by atoms with E-state index in [2.05, 4.69) is 15.1 Å². The molecule has 0 aliphatic rings. The smallest absolute Gasteiger partial charge is 0.176 e. The van der Waals surface area contributed by atoms with E-state index in [9.17, 15) is 0 Å². The molecule has 0 saturated carbocycles. The Hall–Kier alpha value is -3.45. The zero-order valence-corrected chi connectivity index (χ0v) is 10.9. The summed E-state index contributed by atoms with van der Waals surface area (Å²) in [4.78, 5) is 8.09. The predicted molar refractivity (Wildman–Crippen MR) is 72.1 cm³/mol. The van der Waals surface area contributed by atoms with Crippen LogP contribution in [0.5, 0.6) is 0 Å². The van der Waals surface area contributed by atoms with Crippen LogP contribution in [0.25, 0.3) is 5.69 Å². The Kier molecular flexibility index (Phi) is 3.16. The van der Waals surface area contributed by atoms with Crippen molar-refractivity contribution < 1.29 is 0 Å². The van der Waals surface area contributed by atoms with Crippen molar-refractivity contribution in [1.29, 1.82) is 10.5 Å². The fourth-order valence-corrected chi connectivity index (χ4v) is 1.93. The van der Waals surface area contributed by atoms with E-state index in [0.29, 0.717) is 5.82 Å². The van der Waals surface area contributed by atoms with Gasteiger partial charge in [0.15, 0.2) is 17.2 Å². The van der Waals surface area contributed by atoms with Gasteiger partial charge in [-0.3, -0.25) is 0 Å². The summed E-state index contributed by atoms with van der Waals surface area (Å²) in [6.45, 7) is 0.289. The van der Waals surface area contributed by atoms with Gasteiger partial charge in [0.2, 0.25) is 0 Å². The fourth-order valence-electron chi connectivity index (χ4n) is 1.93. The summed E-state index contributed by atoms with van der Waals surface area (Å²) >= 11 is 0. The first-order chi connectivity index (χ1) is 10.3. The molecule has 3 rings (SSSR count). The van der Waals surface area contributed by atoms with Crippen LogP contribution in [0.4, 0.5) is 0 Å². The van der Waals surface area contributed by atoms with E-state index in [4.69, 9.17) is 10.5 Å². The lowest BCUT2D eigenvalue weighted by Crippen LogP contribution is -2.04. The minimum atomic E-state index is 0.111. The number of nitriles is 2. The molecule has 0 spiro atoms. The van der Waals surface area contributed by atoms with Gasteiger partial charge in [-0.2, -0.15) is 10.5 Å². The lowest BCUT2D eigenvalue weighted by molar-refractivity contribution is 0.724. The highest BCUT2D eigenvalue weighted by Crippen LogP contribution is 2.09. The van der Waals surface area contributed by atoms with E-state index in [-0.39, 0.29) is 17.9 Å². The standard InChI is InChI=1S/C14H9N7/c15-6-12-13(7-16)20(9-17-12)8-14-18-10-21(19-14)11-4-2-1-3-5-11/h1-5,9-10H,8H2. The average molecular weight is 275 g/mol. The van der Waals surface area contributed by atoms with Crippen molar-refractivity contribution in [1.82, 2.24) is 24.3 Å². The van der Waals surface area contributed by atoms with E-state index in [1.54, 1.807) is 15.6 Å². The Morgan fingerprint density at radius 1 is 1.00 bits per heavy atom. The van der Waals surface area contributed by atoms with Crippen molar-refractivity contribution in [2.45, 2.75) is 6.54 Å². The molecule has 0 saturated heterocycles. The number of imidazole rings is 1. The first-order valence-electron chi connectivity index (χ1n) is 6.13. The summed E-state index contributed by atoms with van der Waals surface area (Å²) < 4.78 is 3.22. The molecule has 1 aromatic carbocycles. The van der Waals surface area contributed by atoms with Gasteiger partial charge in [-0.15, -0.1) is 5.10 Å². The molecule has 0 radical (unpaired) electrons. The first kappa shape index (κ1) is 12.6. The minimum absolute atomic E-state index is 0.111. The third-order valence-electron chi connectivity index (χ3n) is 2.92. The summed E-state index contributed by atoms with van der Waals surface area (Å²) in [7, 11) is 0. The Morgan fingerprint density at radius 2 is 1.81 bits per heavy atom. The predicted octanol–water partition coefficient (Wildman–Crippen LogP) is 1.26. The van der Waals surface area contributed by atoms with E-state index in [1.807, 2.05) is 42.5 Å². The average Bonchev–Trinajstić information content (AvgIpc) is 3.15. The summed E-state index contributed by atoms with van der Waals surface area (Å²) in [5, 5.41) is 22.3. The van der Waals surface area contributed by atoms with Crippen molar-refractivity contribution in [3.05, 3.63) is 60.2 Å². The largest absolute Gasteiger partial charge is 0.313 e. The van der Waals surface area contributed by atoms with Crippen molar-refractivity contribution in [3.8, 4) is 17.8 Å². The maximum atomic E-state index is 9.07. The second-order valence-electron chi connectivity index (χ2n) is 4.23. The topological polar surface area (TPSA) is 96.1 Å². The number of nitrogens with zero attached hydrogens (tertiary/aromatic N) is 7. The Balaban J connectivity index is 1.88. The monoisotopic (exact) mass is 275 g/mol. The molecule has 2 heterocycles. The number of hydrogen-bond donors (Lipinski definition) is 0. The van der Waals surface area contributed by atoms with Gasteiger partial charge in [-0.05, 0) is 12.1 Å². The summed E-state index contributed by atoms with van der Waals surface area (Å²) in [5.74, 6) is 0.539. The van der Waals surface area contributed by atoms with Crippen LogP contribution in [0.15, 0.2) is 43.0 Å². The highest BCUT2D eigenvalue weighted by molar-refractivity contribution is 5.36. The van der Waals surface area contributed by atoms with E-state index in [0.717, 1.165) is 5.69 Å². The molecule has 7 heteroatoms. The van der Waals surface area contributed by atoms with Gasteiger partial charge < -0.3 is 4.57 Å². The molecular formula is C14H9N7. The van der Waals surface area contributed by atoms with Gasteiger partial charge in [0.1, 0.15) is 18.5 Å². The maximum absolute atomic E-state index is 9.07. The molecular weight excluding hydrogens is 266 g/mol. The molecule has 100 valence electrons. The number of hydrogen-bond acceptors (Lipinski definition) is 5. The normalized spacial score (nSPS) is 10.0. The van der Waals surface area contributed by atoms with Gasteiger partial charge in [0.05, 0.1) is 18.6 Å². The van der Waals surface area contributed by atoms with Crippen molar-refractivity contribution in [3.63, 3.8) is 0 Å². The fraction of sp³-hybridized carbons (Fsp3) is 0.0714. The van der Waals surface area contributed by atoms with Crippen LogP contribution in [0, 0.1) is 22.7 Å². The minimum Gasteiger partial charge on any atom is -0.313 e. The van der Waals surface area contributed by atoms with Crippen molar-refractivity contribution in [2.24, 2.45) is 0 Å². The van der Waals surface area contributed by atoms with E-state index >= 15 is 0 Å². The van der Waals surface area contributed by atoms with Crippen LogP contribution in [0.3, 0.4) is 0 Å². The number of para-hydroxylation sites is 1. The first-order valence-corrected chi connectivity index (χ1v) is 6.13. The summed E-state index contributed by atoms with van der Waals surface area (Å²) in [5.41, 5.74) is 1.23. The molecule has 0 atom stereocenters. The number of aromatic nitrogens is 5. The quantitative estimate of drug-likeness (QED) is 0.716. The SMILES string of the molecule is N#Cc1ncn(Cc2ncn(-c3ccccc3)n2)c1C#N. The molecule has 21 heavy (non-hydrogen) atoms. The summed E-state index contributed by atoms with van der Waals surface area (Å²) in [6, 6.07) is 13.5. The summed E-state index contributed by atoms with van der Waals surface area (Å²) in [6.07, 6.45) is 3.05. The van der Waals surface area contributed by atoms with Gasteiger partial charge in [0, 0.05) is 0 Å². The van der Waals surface area contributed by atoms with Crippen LogP contribution in [-0.4, -0.2) is 24.3 Å². The molecule has 0 aliphatic heterocycles. The van der Waals surface area contributed by atoms with Crippen molar-refractivity contribution >= 4 is 0 Å². The third-order valence-corrected chi connectivity index (χ3v) is 2.92. The highest BCUT2D eigenvalue weighted by Gasteiger charge is 2.12. The number of rotatable bonds is 3. The van der Waals surface area contributed by atoms with Crippen LogP contribution in [0.2, 0.25) is 0 Å². The molecule has 0 fully saturated rings. The Labute approximate surface area is 120 Å². The zero-order valence-electron chi connectivity index (χ0n) is 10.9. The Bertz CT molecular complexity index is 846. The second-order valence-corrected chi connectivity index (χ2v) is 4.23. The Morgan fingerprint density at radius 3 is 2.52 bits per heavy atom. The van der Waals surface area contributed by atoms with E-state index in [1.165, 1.54) is 6.33 Å². The zero-order chi connectivity index (χ0) is 14.7. The van der Waals surface area contributed by atoms with Gasteiger partial charge in [0.25, 0.3) is 0 Å². The molecule has 0 N–H and O–H groups in total. The third kappa shape index (κ3) is 2.36. The lowest BCUT2D eigenvalue weighted by Gasteiger charge is -2.00. The van der Waals surface area contributed by atoms with Crippen LogP contribution >= 0.6 is 0 Å². The van der Waals surface area contributed by atoms with Crippen LogP contribution in [-0.2, 0) is 6.54 Å². The molecule has 0 bridgehead atoms. The molecule has 3 aromatic rings. The van der Waals surface area contributed by atoms with Crippen molar-refractivity contribution in [2.75, 3.05) is 0 Å². The van der Waals surface area contributed by atoms with E-state index < -0.39 is 0 Å². The molecule has 0 aliphatic carbocycles. The lowest BCUT2D eigenvalue weighted by atomic mass is 10.3. The number of benzene rings is 1. The van der Waals surface area contributed by atoms with Gasteiger partial charge >= 0.3 is 0 Å². The van der Waals surface area contributed by atoms with Gasteiger partial charge in [-0.25, -0.2) is 14.6 Å². The van der Waals surface area contributed by atoms with Crippen LogP contribution < -0.4 is 0 Å². The molecule has 0 unspecified atom stereocenters. The molecule has 0 amide bonds. The second kappa shape index (κ2) is 5.27. The highest BCUT2D eigenvalue weighted by atomic mass is 15.3.